The van der Waals surface area contributed by atoms with Crippen LogP contribution in [0.25, 0.3) is 11.3 Å². The van der Waals surface area contributed by atoms with E-state index in [-0.39, 0.29) is 5.82 Å². The van der Waals surface area contributed by atoms with E-state index in [9.17, 15) is 4.39 Å². The van der Waals surface area contributed by atoms with Gasteiger partial charge in [-0.15, -0.1) is 0 Å². The van der Waals surface area contributed by atoms with Crippen LogP contribution in [-0.4, -0.2) is 6.04 Å². The quantitative estimate of drug-likeness (QED) is 0.873. The van der Waals surface area contributed by atoms with Crippen molar-refractivity contribution in [2.75, 3.05) is 0 Å². The number of halogens is 1. The monoisotopic (exact) mass is 231 g/mol. The van der Waals surface area contributed by atoms with E-state index in [1.807, 2.05) is 12.1 Å². The molecule has 17 heavy (non-hydrogen) atoms. The van der Waals surface area contributed by atoms with Gasteiger partial charge in [-0.2, -0.15) is 0 Å². The largest absolute Gasteiger partial charge is 0.460 e. The van der Waals surface area contributed by atoms with Gasteiger partial charge < -0.3 is 9.73 Å². The maximum atomic E-state index is 12.8. The van der Waals surface area contributed by atoms with Crippen LogP contribution in [0.15, 0.2) is 40.8 Å². The van der Waals surface area contributed by atoms with Crippen LogP contribution in [-0.2, 0) is 6.54 Å². The van der Waals surface area contributed by atoms with E-state index in [1.165, 1.54) is 25.0 Å². The summed E-state index contributed by atoms with van der Waals surface area (Å²) in [6.07, 6.45) is 2.54. The normalized spacial score (nSPS) is 15.1. The average molecular weight is 231 g/mol. The molecule has 0 radical (unpaired) electrons. The minimum absolute atomic E-state index is 0.226. The SMILES string of the molecule is Fc1ccc(-c2ccc(CNC3CC3)o2)cc1. The van der Waals surface area contributed by atoms with Crippen LogP contribution in [0, 0.1) is 5.82 Å². The van der Waals surface area contributed by atoms with Crippen molar-refractivity contribution < 1.29 is 8.81 Å². The van der Waals surface area contributed by atoms with Crippen molar-refractivity contribution >= 4 is 0 Å². The first-order valence-electron chi connectivity index (χ1n) is 5.89. The second-order valence-corrected chi connectivity index (χ2v) is 4.43. The highest BCUT2D eigenvalue weighted by molar-refractivity contribution is 5.57. The molecular formula is C14H14FNO. The Morgan fingerprint density at radius 3 is 2.59 bits per heavy atom. The van der Waals surface area contributed by atoms with E-state index in [1.54, 1.807) is 12.1 Å². The lowest BCUT2D eigenvalue weighted by Crippen LogP contribution is -2.14. The van der Waals surface area contributed by atoms with Gasteiger partial charge in [-0.3, -0.25) is 0 Å². The number of benzene rings is 1. The maximum Gasteiger partial charge on any atom is 0.134 e. The van der Waals surface area contributed by atoms with Gasteiger partial charge in [0.05, 0.1) is 6.54 Å². The van der Waals surface area contributed by atoms with E-state index in [4.69, 9.17) is 4.42 Å². The molecule has 3 rings (SSSR count). The van der Waals surface area contributed by atoms with Crippen molar-refractivity contribution in [2.45, 2.75) is 25.4 Å². The van der Waals surface area contributed by atoms with Crippen molar-refractivity contribution in [2.24, 2.45) is 0 Å². The Hall–Kier alpha value is -1.61. The van der Waals surface area contributed by atoms with Gasteiger partial charge in [0, 0.05) is 11.6 Å². The molecular weight excluding hydrogens is 217 g/mol. The zero-order valence-corrected chi connectivity index (χ0v) is 9.45. The topological polar surface area (TPSA) is 25.2 Å². The number of rotatable bonds is 4. The molecule has 0 amide bonds. The van der Waals surface area contributed by atoms with Gasteiger partial charge >= 0.3 is 0 Å². The number of hydrogen-bond donors (Lipinski definition) is 1. The summed E-state index contributed by atoms with van der Waals surface area (Å²) >= 11 is 0. The van der Waals surface area contributed by atoms with Gasteiger partial charge in [0.25, 0.3) is 0 Å². The van der Waals surface area contributed by atoms with Gasteiger partial charge in [0.1, 0.15) is 17.3 Å². The smallest absolute Gasteiger partial charge is 0.134 e. The van der Waals surface area contributed by atoms with Crippen molar-refractivity contribution in [3.63, 3.8) is 0 Å². The fourth-order valence-corrected chi connectivity index (χ4v) is 1.77. The molecule has 2 nitrogen and oxygen atoms in total. The molecule has 1 heterocycles. The molecule has 1 aromatic carbocycles. The molecule has 88 valence electrons. The van der Waals surface area contributed by atoms with Crippen molar-refractivity contribution in [3.8, 4) is 11.3 Å². The van der Waals surface area contributed by atoms with Gasteiger partial charge in [0.15, 0.2) is 0 Å². The van der Waals surface area contributed by atoms with Crippen molar-refractivity contribution in [3.05, 3.63) is 48.0 Å². The fraction of sp³-hybridized carbons (Fsp3) is 0.286. The summed E-state index contributed by atoms with van der Waals surface area (Å²) in [4.78, 5) is 0. The molecule has 1 aromatic heterocycles. The third-order valence-electron chi connectivity index (χ3n) is 2.93. The molecule has 1 N–H and O–H groups in total. The zero-order chi connectivity index (χ0) is 11.7. The highest BCUT2D eigenvalue weighted by atomic mass is 19.1. The van der Waals surface area contributed by atoms with E-state index >= 15 is 0 Å². The third-order valence-corrected chi connectivity index (χ3v) is 2.93. The highest BCUT2D eigenvalue weighted by Gasteiger charge is 2.20. The van der Waals surface area contributed by atoms with Crippen LogP contribution in [0.3, 0.4) is 0 Å². The molecule has 0 saturated heterocycles. The van der Waals surface area contributed by atoms with E-state index in [0.29, 0.717) is 6.04 Å². The molecule has 1 saturated carbocycles. The van der Waals surface area contributed by atoms with Crippen LogP contribution in [0.2, 0.25) is 0 Å². The molecule has 1 aliphatic rings. The second kappa shape index (κ2) is 4.34. The van der Waals surface area contributed by atoms with Crippen LogP contribution in [0.4, 0.5) is 4.39 Å². The Morgan fingerprint density at radius 1 is 1.12 bits per heavy atom. The zero-order valence-electron chi connectivity index (χ0n) is 9.45. The summed E-state index contributed by atoms with van der Waals surface area (Å²) in [6.45, 7) is 0.770. The second-order valence-electron chi connectivity index (χ2n) is 4.43. The third kappa shape index (κ3) is 2.56. The maximum absolute atomic E-state index is 12.8. The molecule has 1 fully saturated rings. The van der Waals surface area contributed by atoms with Gasteiger partial charge in [-0.25, -0.2) is 4.39 Å². The van der Waals surface area contributed by atoms with E-state index in [2.05, 4.69) is 5.32 Å². The summed E-state index contributed by atoms with van der Waals surface area (Å²) in [5.41, 5.74) is 0.907. The lowest BCUT2D eigenvalue weighted by Gasteiger charge is -1.99. The lowest BCUT2D eigenvalue weighted by atomic mass is 10.2. The van der Waals surface area contributed by atoms with Gasteiger partial charge in [0.2, 0.25) is 0 Å². The Kier molecular flexibility index (Phi) is 2.69. The first-order chi connectivity index (χ1) is 8.31. The summed E-state index contributed by atoms with van der Waals surface area (Å²) in [5.74, 6) is 1.49. The summed E-state index contributed by atoms with van der Waals surface area (Å²) < 4.78 is 18.5. The fourth-order valence-electron chi connectivity index (χ4n) is 1.77. The molecule has 0 unspecified atom stereocenters. The Morgan fingerprint density at radius 2 is 1.88 bits per heavy atom. The molecule has 0 aliphatic heterocycles. The Bertz CT molecular complexity index is 499. The van der Waals surface area contributed by atoms with Crippen LogP contribution < -0.4 is 5.32 Å². The lowest BCUT2D eigenvalue weighted by molar-refractivity contribution is 0.492. The number of furan rings is 1. The van der Waals surface area contributed by atoms with E-state index in [0.717, 1.165) is 23.6 Å². The minimum Gasteiger partial charge on any atom is -0.460 e. The Labute approximate surface area is 99.5 Å². The minimum atomic E-state index is -0.226. The standard InChI is InChI=1S/C14H14FNO/c15-11-3-1-10(2-4-11)14-8-7-13(17-14)9-16-12-5-6-12/h1-4,7-8,12,16H,5-6,9H2. The summed E-state index contributed by atoms with van der Waals surface area (Å²) in [6, 6.07) is 10.9. The van der Waals surface area contributed by atoms with Gasteiger partial charge in [-0.05, 0) is 49.2 Å². The molecule has 0 bridgehead atoms. The molecule has 3 heteroatoms. The predicted octanol–water partition coefficient (Wildman–Crippen LogP) is 3.34. The van der Waals surface area contributed by atoms with Crippen LogP contribution in [0.5, 0.6) is 0 Å². The van der Waals surface area contributed by atoms with E-state index < -0.39 is 0 Å². The Balaban J connectivity index is 1.72. The van der Waals surface area contributed by atoms with Crippen molar-refractivity contribution in [1.82, 2.24) is 5.32 Å². The number of hydrogen-bond acceptors (Lipinski definition) is 2. The van der Waals surface area contributed by atoms with Crippen LogP contribution in [0.1, 0.15) is 18.6 Å². The first-order valence-corrected chi connectivity index (χ1v) is 5.89. The van der Waals surface area contributed by atoms with Crippen LogP contribution >= 0.6 is 0 Å². The van der Waals surface area contributed by atoms with Crippen molar-refractivity contribution in [1.29, 1.82) is 0 Å². The predicted molar refractivity (Wildman–Crippen MR) is 64.0 cm³/mol. The molecule has 0 atom stereocenters. The summed E-state index contributed by atoms with van der Waals surface area (Å²) in [7, 11) is 0. The molecule has 0 spiro atoms. The number of nitrogens with one attached hydrogen (secondary N) is 1. The first kappa shape index (κ1) is 10.5. The highest BCUT2D eigenvalue weighted by Crippen LogP contribution is 2.23. The molecule has 2 aromatic rings. The summed E-state index contributed by atoms with van der Waals surface area (Å²) in [5, 5.41) is 3.39. The molecule has 1 aliphatic carbocycles. The van der Waals surface area contributed by atoms with Gasteiger partial charge in [-0.1, -0.05) is 0 Å². The average Bonchev–Trinajstić information content (AvgIpc) is 3.06.